The summed E-state index contributed by atoms with van der Waals surface area (Å²) in [6, 6.07) is 0. The first kappa shape index (κ1) is 71.7. The van der Waals surface area contributed by atoms with E-state index in [0.29, 0.717) is 19.3 Å². The molecule has 0 saturated carbocycles. The molecule has 0 heterocycles. The van der Waals surface area contributed by atoms with Crippen LogP contribution in [0.3, 0.4) is 0 Å². The number of allylic oxidation sites excluding steroid dienone is 6. The highest BCUT2D eigenvalue weighted by Crippen LogP contribution is 2.43. The number of aliphatic hydroxyl groups excluding tert-OH is 1. The van der Waals surface area contributed by atoms with Crippen LogP contribution in [0.1, 0.15) is 303 Å². The van der Waals surface area contributed by atoms with Crippen molar-refractivity contribution in [1.82, 2.24) is 0 Å². The summed E-state index contributed by atoms with van der Waals surface area (Å²) < 4.78 is 39.6. The van der Waals surface area contributed by atoms with E-state index in [1.807, 2.05) is 0 Å². The van der Waals surface area contributed by atoms with Crippen molar-refractivity contribution in [2.75, 3.05) is 26.4 Å². The van der Waals surface area contributed by atoms with Crippen molar-refractivity contribution in [3.63, 3.8) is 0 Å². The predicted molar refractivity (Wildman–Crippen MR) is 307 cm³/mol. The Balaban J connectivity index is 4.70. The molecule has 0 saturated heterocycles. The molecule has 0 fully saturated rings. The maximum Gasteiger partial charge on any atom is 0.472 e. The molecule has 3 unspecified atom stereocenters. The molecule has 2 N–H and O–H groups in total. The van der Waals surface area contributed by atoms with E-state index in [0.717, 1.165) is 83.5 Å². The molecule has 0 aliphatic heterocycles. The molecule has 0 spiro atoms. The van der Waals surface area contributed by atoms with Gasteiger partial charge in [0.1, 0.15) is 12.7 Å². The molecule has 3 atom stereocenters. The van der Waals surface area contributed by atoms with Crippen molar-refractivity contribution in [2.24, 2.45) is 0 Å². The highest BCUT2D eigenvalue weighted by Gasteiger charge is 2.28. The van der Waals surface area contributed by atoms with E-state index in [2.05, 4.69) is 57.2 Å². The summed E-state index contributed by atoms with van der Waals surface area (Å²) >= 11 is 0. The molecular formula is C62H115O11P. The molecule has 0 amide bonds. The molecule has 12 heteroatoms. The van der Waals surface area contributed by atoms with Crippen LogP contribution < -0.4 is 0 Å². The van der Waals surface area contributed by atoms with Gasteiger partial charge in [-0.1, -0.05) is 243 Å². The first-order chi connectivity index (χ1) is 36.2. The number of esters is 3. The van der Waals surface area contributed by atoms with Gasteiger partial charge in [-0.15, -0.1) is 0 Å². The topological polar surface area (TPSA) is 155 Å². The molecule has 74 heavy (non-hydrogen) atoms. The molecule has 0 aliphatic carbocycles. The fraction of sp³-hybridized carbons (Fsp3) is 0.855. The average molecular weight is 1070 g/mol. The van der Waals surface area contributed by atoms with Crippen LogP contribution in [0.2, 0.25) is 0 Å². The summed E-state index contributed by atoms with van der Waals surface area (Å²) in [4.78, 5) is 48.6. The second-order valence-electron chi connectivity index (χ2n) is 20.9. The zero-order valence-electron chi connectivity index (χ0n) is 48.1. The third-order valence-electron chi connectivity index (χ3n) is 13.5. The van der Waals surface area contributed by atoms with Gasteiger partial charge in [0.05, 0.1) is 19.8 Å². The van der Waals surface area contributed by atoms with Gasteiger partial charge >= 0.3 is 25.7 Å². The number of hydrogen-bond acceptors (Lipinski definition) is 10. The SMILES string of the molecule is CCCCC/C=C\C/C=C\CCCCCCCCCC(=O)OC(COC(=O)CCCCCCCCC/C=C\CCCCCCCC)COP(=O)(O)OCC(CO)OC(=O)CCCCCCCCCCCCCCC. The fourth-order valence-corrected chi connectivity index (χ4v) is 9.58. The maximum atomic E-state index is 12.9. The fourth-order valence-electron chi connectivity index (χ4n) is 8.79. The average Bonchev–Trinajstić information content (AvgIpc) is 3.39. The predicted octanol–water partition coefficient (Wildman–Crippen LogP) is 18.4. The van der Waals surface area contributed by atoms with Gasteiger partial charge in [0.2, 0.25) is 0 Å². The molecule has 11 nitrogen and oxygen atoms in total. The van der Waals surface area contributed by atoms with E-state index >= 15 is 0 Å². The number of hydrogen-bond donors (Lipinski definition) is 2. The van der Waals surface area contributed by atoms with Gasteiger partial charge in [0.25, 0.3) is 0 Å². The van der Waals surface area contributed by atoms with Crippen molar-refractivity contribution < 1.29 is 52.2 Å². The van der Waals surface area contributed by atoms with Crippen molar-refractivity contribution in [1.29, 1.82) is 0 Å². The molecule has 0 rings (SSSR count). The van der Waals surface area contributed by atoms with Gasteiger partial charge in [0, 0.05) is 19.3 Å². The Bertz CT molecular complexity index is 1380. The Morgan fingerprint density at radius 2 is 0.662 bits per heavy atom. The quantitative estimate of drug-likeness (QED) is 0.0197. The molecule has 0 radical (unpaired) electrons. The Morgan fingerprint density at radius 1 is 0.378 bits per heavy atom. The minimum atomic E-state index is -4.75. The first-order valence-corrected chi connectivity index (χ1v) is 32.4. The van der Waals surface area contributed by atoms with Gasteiger partial charge in [0.15, 0.2) is 6.10 Å². The van der Waals surface area contributed by atoms with Crippen LogP contribution in [-0.2, 0) is 42.2 Å². The van der Waals surface area contributed by atoms with Crippen molar-refractivity contribution in [3.8, 4) is 0 Å². The maximum absolute atomic E-state index is 12.9. The highest BCUT2D eigenvalue weighted by atomic mass is 31.2. The number of rotatable bonds is 58. The number of phosphoric ester groups is 1. The van der Waals surface area contributed by atoms with E-state index < -0.39 is 57.8 Å². The van der Waals surface area contributed by atoms with E-state index in [4.69, 9.17) is 23.3 Å². The lowest BCUT2D eigenvalue weighted by atomic mass is 10.0. The van der Waals surface area contributed by atoms with Crippen LogP contribution in [0.15, 0.2) is 36.5 Å². The number of carbonyl (C=O) groups is 3. The summed E-state index contributed by atoms with van der Waals surface area (Å²) in [6.07, 6.45) is 59.5. The minimum absolute atomic E-state index is 0.161. The smallest absolute Gasteiger partial charge is 0.462 e. The molecule has 0 aromatic rings. The van der Waals surface area contributed by atoms with E-state index in [1.165, 1.54) is 161 Å². The van der Waals surface area contributed by atoms with Crippen LogP contribution >= 0.6 is 7.82 Å². The second kappa shape index (κ2) is 56.9. The standard InChI is InChI=1S/C62H115O11P/c1-4-7-10-13-16-19-22-25-27-29-31-34-36-39-42-45-48-51-60(64)69-55-59(73-62(66)53-50-47-44-41-38-35-32-30-28-26-23-20-17-14-11-8-5-2)57-71-74(67,68)70-56-58(54-63)72-61(65)52-49-46-43-40-37-33-24-21-18-15-12-9-6-3/h17,20,25-28,58-59,63H,4-16,18-19,21-24,29-57H2,1-3H3,(H,67,68)/b20-17-,27-25-,28-26-. The lowest BCUT2D eigenvalue weighted by Gasteiger charge is -2.21. The molecule has 0 aromatic carbocycles. The highest BCUT2D eigenvalue weighted by molar-refractivity contribution is 7.47. The van der Waals surface area contributed by atoms with E-state index in [1.54, 1.807) is 0 Å². The molecule has 0 aliphatic rings. The molecule has 0 aromatic heterocycles. The van der Waals surface area contributed by atoms with Crippen LogP contribution in [0.4, 0.5) is 0 Å². The van der Waals surface area contributed by atoms with Crippen molar-refractivity contribution in [2.45, 2.75) is 315 Å². The van der Waals surface area contributed by atoms with Crippen LogP contribution in [0.25, 0.3) is 0 Å². The summed E-state index contributed by atoms with van der Waals surface area (Å²) in [5.41, 5.74) is 0. The van der Waals surface area contributed by atoms with Gasteiger partial charge in [-0.3, -0.25) is 23.4 Å². The van der Waals surface area contributed by atoms with Crippen LogP contribution in [0, 0.1) is 0 Å². The first-order valence-electron chi connectivity index (χ1n) is 30.9. The number of carbonyl (C=O) groups excluding carboxylic acids is 3. The number of unbranched alkanes of at least 4 members (excludes halogenated alkanes) is 35. The Labute approximate surface area is 454 Å². The van der Waals surface area contributed by atoms with Gasteiger partial charge in [-0.2, -0.15) is 0 Å². The number of ether oxygens (including phenoxy) is 3. The number of phosphoric acid groups is 1. The Hall–Kier alpha value is -2.30. The lowest BCUT2D eigenvalue weighted by molar-refractivity contribution is -0.161. The van der Waals surface area contributed by atoms with Gasteiger partial charge in [-0.25, -0.2) is 4.57 Å². The Morgan fingerprint density at radius 3 is 1.04 bits per heavy atom. The molecular weight excluding hydrogens is 952 g/mol. The molecule has 0 bridgehead atoms. The summed E-state index contributed by atoms with van der Waals surface area (Å²) in [5.74, 6) is -1.46. The third-order valence-corrected chi connectivity index (χ3v) is 14.5. The van der Waals surface area contributed by atoms with E-state index in [9.17, 15) is 28.9 Å². The second-order valence-corrected chi connectivity index (χ2v) is 22.3. The summed E-state index contributed by atoms with van der Waals surface area (Å²) in [5, 5.41) is 9.82. The lowest BCUT2D eigenvalue weighted by Crippen LogP contribution is -2.30. The van der Waals surface area contributed by atoms with Gasteiger partial charge < -0.3 is 24.2 Å². The van der Waals surface area contributed by atoms with Crippen molar-refractivity contribution in [3.05, 3.63) is 36.5 Å². The number of aliphatic hydroxyl groups is 1. The van der Waals surface area contributed by atoms with Crippen molar-refractivity contribution >= 4 is 25.7 Å². The third kappa shape index (κ3) is 54.5. The largest absolute Gasteiger partial charge is 0.472 e. The van der Waals surface area contributed by atoms with E-state index in [-0.39, 0.29) is 25.9 Å². The summed E-state index contributed by atoms with van der Waals surface area (Å²) in [7, 11) is -4.75. The zero-order chi connectivity index (χ0) is 54.1. The summed E-state index contributed by atoms with van der Waals surface area (Å²) in [6.45, 7) is 4.65. The minimum Gasteiger partial charge on any atom is -0.462 e. The van der Waals surface area contributed by atoms with Gasteiger partial charge in [-0.05, 0) is 77.0 Å². The normalized spacial score (nSPS) is 13.5. The van der Waals surface area contributed by atoms with Crippen LogP contribution in [-0.4, -0.2) is 66.5 Å². The monoisotopic (exact) mass is 1070 g/mol. The van der Waals surface area contributed by atoms with Crippen LogP contribution in [0.5, 0.6) is 0 Å². The zero-order valence-corrected chi connectivity index (χ0v) is 49.0. The molecule has 434 valence electrons. The Kier molecular flexibility index (Phi) is 55.1.